The lowest BCUT2D eigenvalue weighted by molar-refractivity contribution is 0.0747. The number of aromatic nitrogens is 1. The molecule has 0 radical (unpaired) electrons. The molecule has 0 N–H and O–H groups in total. The minimum absolute atomic E-state index is 0.0344. The number of piperazine rings is 1. The van der Waals surface area contributed by atoms with Gasteiger partial charge in [0.05, 0.1) is 22.5 Å². The average molecular weight is 554 g/mol. The van der Waals surface area contributed by atoms with Crippen LogP contribution in [0.5, 0.6) is 0 Å². The predicted octanol–water partition coefficient (Wildman–Crippen LogP) is 3.50. The summed E-state index contributed by atoms with van der Waals surface area (Å²) in [6.45, 7) is 8.69. The maximum absolute atomic E-state index is 13.8. The Hall–Kier alpha value is -3.34. The Morgan fingerprint density at radius 2 is 1.82 bits per heavy atom. The Labute approximate surface area is 229 Å². The number of carbonyl (C=O) groups excluding carboxylic acids is 2. The van der Waals surface area contributed by atoms with Crippen LogP contribution in [0.4, 0.5) is 22.0 Å². The van der Waals surface area contributed by atoms with Crippen molar-refractivity contribution < 1.29 is 22.7 Å². The summed E-state index contributed by atoms with van der Waals surface area (Å²) in [6, 6.07) is 7.24. The molecular formula is C28H35N5O5S. The van der Waals surface area contributed by atoms with Crippen LogP contribution in [0.25, 0.3) is 0 Å². The first-order valence-corrected chi connectivity index (χ1v) is 15.3. The molecule has 4 fully saturated rings. The van der Waals surface area contributed by atoms with Gasteiger partial charge in [0.2, 0.25) is 10.0 Å². The summed E-state index contributed by atoms with van der Waals surface area (Å²) in [7, 11) is -3.55. The van der Waals surface area contributed by atoms with Crippen molar-refractivity contribution in [3.05, 3.63) is 47.2 Å². The number of carbonyl (C=O) groups is 2. The minimum atomic E-state index is -3.55. The molecule has 3 saturated heterocycles. The number of rotatable bonds is 5. The van der Waals surface area contributed by atoms with Crippen LogP contribution in [-0.4, -0.2) is 80.9 Å². The number of nitrogens with zero attached hydrogens (tertiary/aromatic N) is 5. The second-order valence-electron chi connectivity index (χ2n) is 11.6. The quantitative estimate of drug-likeness (QED) is 0.558. The molecule has 1 aliphatic carbocycles. The molecule has 2 amide bonds. The Morgan fingerprint density at radius 1 is 1.08 bits per heavy atom. The maximum atomic E-state index is 13.8. The zero-order chi connectivity index (χ0) is 27.5. The molecule has 2 aromatic rings. The number of aryl methyl sites for hydroxylation is 1. The van der Waals surface area contributed by atoms with E-state index in [0.717, 1.165) is 11.4 Å². The fraction of sp³-hybridized carbons (Fsp3) is 0.536. The molecule has 3 aliphatic heterocycles. The van der Waals surface area contributed by atoms with E-state index in [0.29, 0.717) is 62.0 Å². The molecule has 1 aromatic heterocycles. The number of sulfonamides is 1. The van der Waals surface area contributed by atoms with Crippen molar-refractivity contribution in [1.29, 1.82) is 0 Å². The molecule has 208 valence electrons. The zero-order valence-electron chi connectivity index (χ0n) is 22.7. The van der Waals surface area contributed by atoms with Gasteiger partial charge in [-0.05, 0) is 75.3 Å². The predicted molar refractivity (Wildman–Crippen MR) is 149 cm³/mol. The molecule has 0 bridgehead atoms. The summed E-state index contributed by atoms with van der Waals surface area (Å²) in [4.78, 5) is 36.6. The van der Waals surface area contributed by atoms with Gasteiger partial charge in [0.15, 0.2) is 0 Å². The molecule has 0 unspecified atom stereocenters. The topological polar surface area (TPSA) is 103 Å². The minimum Gasteiger partial charge on any atom is -0.447 e. The van der Waals surface area contributed by atoms with Crippen LogP contribution in [-0.2, 0) is 14.8 Å². The highest BCUT2D eigenvalue weighted by molar-refractivity contribution is 7.93. The lowest BCUT2D eigenvalue weighted by Crippen LogP contribution is -2.49. The third kappa shape index (κ3) is 4.70. The highest BCUT2D eigenvalue weighted by Crippen LogP contribution is 2.41. The molecule has 39 heavy (non-hydrogen) atoms. The molecule has 4 heterocycles. The molecule has 0 spiro atoms. The third-order valence-electron chi connectivity index (χ3n) is 8.16. The second kappa shape index (κ2) is 9.39. The fourth-order valence-electron chi connectivity index (χ4n) is 5.88. The van der Waals surface area contributed by atoms with Crippen molar-refractivity contribution in [3.8, 4) is 0 Å². The van der Waals surface area contributed by atoms with Gasteiger partial charge in [-0.1, -0.05) is 6.07 Å². The maximum Gasteiger partial charge on any atom is 0.414 e. The number of hydrogen-bond donors (Lipinski definition) is 0. The molecular weight excluding hydrogens is 518 g/mol. The van der Waals surface area contributed by atoms with Crippen LogP contribution in [0.2, 0.25) is 0 Å². The van der Waals surface area contributed by atoms with Crippen LogP contribution < -0.4 is 14.1 Å². The van der Waals surface area contributed by atoms with Crippen LogP contribution in [0.1, 0.15) is 60.5 Å². The van der Waals surface area contributed by atoms with Gasteiger partial charge in [-0.2, -0.15) is 0 Å². The highest BCUT2D eigenvalue weighted by Gasteiger charge is 2.42. The van der Waals surface area contributed by atoms with Gasteiger partial charge in [-0.3, -0.25) is 14.0 Å². The zero-order valence-corrected chi connectivity index (χ0v) is 23.5. The number of ether oxygens (including phenoxy) is 1. The smallest absolute Gasteiger partial charge is 0.414 e. The molecule has 4 aliphatic rings. The van der Waals surface area contributed by atoms with Gasteiger partial charge in [0.25, 0.3) is 5.91 Å². The number of benzene rings is 1. The number of anilines is 3. The first-order chi connectivity index (χ1) is 18.5. The second-order valence-corrected chi connectivity index (χ2v) is 13.6. The summed E-state index contributed by atoms with van der Waals surface area (Å²) < 4.78 is 32.4. The van der Waals surface area contributed by atoms with Crippen LogP contribution in [0, 0.1) is 6.92 Å². The number of pyridine rings is 1. The van der Waals surface area contributed by atoms with E-state index in [1.807, 2.05) is 20.0 Å². The highest BCUT2D eigenvalue weighted by atomic mass is 32.2. The number of amides is 2. The van der Waals surface area contributed by atoms with E-state index in [1.165, 1.54) is 27.6 Å². The Kier molecular flexibility index (Phi) is 6.24. The molecule has 1 aromatic carbocycles. The lowest BCUT2D eigenvalue weighted by atomic mass is 10.0. The summed E-state index contributed by atoms with van der Waals surface area (Å²) in [6.07, 6.45) is 4.46. The largest absolute Gasteiger partial charge is 0.447 e. The summed E-state index contributed by atoms with van der Waals surface area (Å²) >= 11 is 0. The van der Waals surface area contributed by atoms with Crippen molar-refractivity contribution in [2.45, 2.75) is 51.5 Å². The monoisotopic (exact) mass is 553 g/mol. The Balaban J connectivity index is 1.25. The number of cyclic esters (lactones) is 1. The van der Waals surface area contributed by atoms with Gasteiger partial charge in [-0.15, -0.1) is 0 Å². The normalized spacial score (nSPS) is 22.4. The van der Waals surface area contributed by atoms with Crippen LogP contribution >= 0.6 is 0 Å². The van der Waals surface area contributed by atoms with Crippen molar-refractivity contribution in [2.75, 3.05) is 59.2 Å². The molecule has 10 nitrogen and oxygen atoms in total. The Morgan fingerprint density at radius 3 is 2.41 bits per heavy atom. The molecule has 1 saturated carbocycles. The van der Waals surface area contributed by atoms with Crippen molar-refractivity contribution in [3.63, 3.8) is 0 Å². The van der Waals surface area contributed by atoms with E-state index >= 15 is 0 Å². The van der Waals surface area contributed by atoms with Crippen molar-refractivity contribution in [1.82, 2.24) is 9.88 Å². The number of hydrogen-bond acceptors (Lipinski definition) is 7. The van der Waals surface area contributed by atoms with Crippen molar-refractivity contribution in [2.24, 2.45) is 0 Å². The summed E-state index contributed by atoms with van der Waals surface area (Å²) in [5.74, 6) is 1.43. The first-order valence-electron chi connectivity index (χ1n) is 13.7. The fourth-order valence-corrected chi connectivity index (χ4v) is 7.45. The van der Waals surface area contributed by atoms with Crippen LogP contribution in [0.3, 0.4) is 0 Å². The van der Waals surface area contributed by atoms with E-state index < -0.39 is 21.7 Å². The van der Waals surface area contributed by atoms with Gasteiger partial charge >= 0.3 is 6.09 Å². The van der Waals surface area contributed by atoms with E-state index in [4.69, 9.17) is 9.72 Å². The average Bonchev–Trinajstić information content (AvgIpc) is 3.64. The first kappa shape index (κ1) is 25.9. The van der Waals surface area contributed by atoms with E-state index in [9.17, 15) is 18.0 Å². The van der Waals surface area contributed by atoms with E-state index in [-0.39, 0.29) is 18.3 Å². The SMILES string of the molecule is Cc1cc(C2CC2)cnc1N1CCN(C(=O)c2ccc(N3C(=O)OCC3(C)C)cc2N2CCCS2(=O)=O)CC1. The van der Waals surface area contributed by atoms with Crippen LogP contribution in [0.15, 0.2) is 30.5 Å². The summed E-state index contributed by atoms with van der Waals surface area (Å²) in [5.41, 5.74) is 3.02. The van der Waals surface area contributed by atoms with Gasteiger partial charge < -0.3 is 14.5 Å². The summed E-state index contributed by atoms with van der Waals surface area (Å²) in [5, 5.41) is 0. The van der Waals surface area contributed by atoms with Gasteiger partial charge in [0.1, 0.15) is 12.4 Å². The molecule has 0 atom stereocenters. The van der Waals surface area contributed by atoms with Crippen molar-refractivity contribution >= 4 is 39.2 Å². The van der Waals surface area contributed by atoms with Gasteiger partial charge in [-0.25, -0.2) is 18.2 Å². The van der Waals surface area contributed by atoms with E-state index in [1.54, 1.807) is 23.1 Å². The lowest BCUT2D eigenvalue weighted by Gasteiger charge is -2.37. The standard InChI is InChI=1S/C28H35N5O5S/c1-19-15-21(20-5-6-20)17-29-25(19)30-10-12-31(13-11-30)26(34)23-8-7-22(33-27(35)38-18-28(33,2)3)16-24(23)32-9-4-14-39(32,36)37/h7-8,15-17,20H,4-6,9-14,18H2,1-3H3. The van der Waals surface area contributed by atoms with Gasteiger partial charge in [0, 0.05) is 44.6 Å². The molecule has 11 heteroatoms. The molecule has 6 rings (SSSR count). The Bertz CT molecular complexity index is 1430. The van der Waals surface area contributed by atoms with E-state index in [2.05, 4.69) is 17.9 Å². The third-order valence-corrected chi connectivity index (χ3v) is 10.0.